The molecular formula is C17H14BrN3O2. The Bertz CT molecular complexity index is 964. The number of aromatic hydroxyl groups is 1. The van der Waals surface area contributed by atoms with Gasteiger partial charge in [-0.15, -0.1) is 0 Å². The zero-order valence-corrected chi connectivity index (χ0v) is 13.7. The van der Waals surface area contributed by atoms with Crippen molar-refractivity contribution in [2.45, 2.75) is 6.54 Å². The number of nitrogen functional groups attached to an aromatic ring is 1. The lowest BCUT2D eigenvalue weighted by Crippen LogP contribution is -2.08. The molecule has 0 fully saturated rings. The number of pyridine rings is 1. The minimum Gasteiger partial charge on any atom is -0.494 e. The molecule has 0 saturated carbocycles. The summed E-state index contributed by atoms with van der Waals surface area (Å²) in [5, 5.41) is 11.2. The number of benzene rings is 2. The van der Waals surface area contributed by atoms with Crippen LogP contribution in [0.4, 0.5) is 5.69 Å². The SMILES string of the molecule is Nc1cccc(CN=Cc2c(O)[nH]c(=O)c3ccc(Br)cc23)c1. The molecule has 0 bridgehead atoms. The highest BCUT2D eigenvalue weighted by atomic mass is 79.9. The second-order valence-electron chi connectivity index (χ2n) is 5.12. The number of aromatic nitrogens is 1. The molecular weight excluding hydrogens is 358 g/mol. The molecule has 4 N–H and O–H groups in total. The average molecular weight is 372 g/mol. The highest BCUT2D eigenvalue weighted by Gasteiger charge is 2.09. The molecule has 5 nitrogen and oxygen atoms in total. The van der Waals surface area contributed by atoms with E-state index < -0.39 is 0 Å². The van der Waals surface area contributed by atoms with Crippen LogP contribution in [0.25, 0.3) is 10.8 Å². The van der Waals surface area contributed by atoms with Crippen LogP contribution in [0.2, 0.25) is 0 Å². The lowest BCUT2D eigenvalue weighted by Gasteiger charge is -2.05. The van der Waals surface area contributed by atoms with Crippen molar-refractivity contribution in [3.8, 4) is 5.88 Å². The highest BCUT2D eigenvalue weighted by Crippen LogP contribution is 2.24. The Morgan fingerprint density at radius 2 is 2.04 bits per heavy atom. The van der Waals surface area contributed by atoms with Crippen molar-refractivity contribution in [1.82, 2.24) is 4.98 Å². The van der Waals surface area contributed by atoms with Crippen molar-refractivity contribution in [2.75, 3.05) is 5.73 Å². The minimum atomic E-state index is -0.335. The van der Waals surface area contributed by atoms with Gasteiger partial charge in [0.2, 0.25) is 5.88 Å². The third-order valence-corrected chi connectivity index (χ3v) is 3.94. The summed E-state index contributed by atoms with van der Waals surface area (Å²) < 4.78 is 0.820. The molecule has 0 aliphatic rings. The predicted molar refractivity (Wildman–Crippen MR) is 96.1 cm³/mol. The van der Waals surface area contributed by atoms with Gasteiger partial charge in [0.05, 0.1) is 12.1 Å². The third kappa shape index (κ3) is 3.27. The minimum absolute atomic E-state index is 0.197. The summed E-state index contributed by atoms with van der Waals surface area (Å²) in [7, 11) is 0. The van der Waals surface area contributed by atoms with Gasteiger partial charge in [0.1, 0.15) is 0 Å². The number of rotatable bonds is 3. The standard InChI is InChI=1S/C17H14BrN3O2/c18-11-4-5-13-14(7-11)15(17(23)21-16(13)22)9-20-8-10-2-1-3-12(19)6-10/h1-7,9H,8,19H2,(H2,21,22,23). The number of halogens is 1. The van der Waals surface area contributed by atoms with Crippen LogP contribution >= 0.6 is 15.9 Å². The van der Waals surface area contributed by atoms with Crippen molar-refractivity contribution in [2.24, 2.45) is 4.99 Å². The molecule has 6 heteroatoms. The highest BCUT2D eigenvalue weighted by molar-refractivity contribution is 9.10. The maximum absolute atomic E-state index is 11.9. The van der Waals surface area contributed by atoms with E-state index in [-0.39, 0.29) is 11.4 Å². The Morgan fingerprint density at radius 3 is 2.83 bits per heavy atom. The normalized spacial score (nSPS) is 11.3. The molecule has 0 amide bonds. The lowest BCUT2D eigenvalue weighted by atomic mass is 10.1. The molecule has 3 aromatic rings. The zero-order chi connectivity index (χ0) is 16.4. The molecule has 1 aromatic heterocycles. The van der Waals surface area contributed by atoms with E-state index in [4.69, 9.17) is 5.73 Å². The number of fused-ring (bicyclic) bond motifs is 1. The number of anilines is 1. The first-order valence-corrected chi connectivity index (χ1v) is 7.72. The van der Waals surface area contributed by atoms with E-state index in [0.29, 0.717) is 28.6 Å². The monoisotopic (exact) mass is 371 g/mol. The second kappa shape index (κ2) is 6.26. The largest absolute Gasteiger partial charge is 0.494 e. The summed E-state index contributed by atoms with van der Waals surface area (Å²) in [6.45, 7) is 0.430. The Kier molecular flexibility index (Phi) is 4.16. The summed E-state index contributed by atoms with van der Waals surface area (Å²) >= 11 is 3.38. The molecule has 116 valence electrons. The molecule has 0 saturated heterocycles. The average Bonchev–Trinajstić information content (AvgIpc) is 2.50. The maximum atomic E-state index is 11.9. The quantitative estimate of drug-likeness (QED) is 0.487. The molecule has 3 rings (SSSR count). The smallest absolute Gasteiger partial charge is 0.258 e. The number of H-pyrrole nitrogens is 1. The number of aliphatic imine (C=N–C) groups is 1. The van der Waals surface area contributed by atoms with Crippen molar-refractivity contribution in [3.05, 3.63) is 68.4 Å². The number of nitrogens with two attached hydrogens (primary N) is 1. The molecule has 0 spiro atoms. The Morgan fingerprint density at radius 1 is 1.22 bits per heavy atom. The summed E-state index contributed by atoms with van der Waals surface area (Å²) in [6.07, 6.45) is 1.56. The van der Waals surface area contributed by atoms with E-state index in [2.05, 4.69) is 25.9 Å². The topological polar surface area (TPSA) is 91.5 Å². The fourth-order valence-electron chi connectivity index (χ4n) is 2.37. The van der Waals surface area contributed by atoms with Gasteiger partial charge in [-0.3, -0.25) is 14.8 Å². The molecule has 0 atom stereocenters. The van der Waals surface area contributed by atoms with Crippen LogP contribution in [0.5, 0.6) is 5.88 Å². The van der Waals surface area contributed by atoms with Gasteiger partial charge in [-0.1, -0.05) is 28.1 Å². The van der Waals surface area contributed by atoms with E-state index in [0.717, 1.165) is 10.0 Å². The van der Waals surface area contributed by atoms with Gasteiger partial charge in [0.15, 0.2) is 0 Å². The summed E-state index contributed by atoms with van der Waals surface area (Å²) in [4.78, 5) is 18.7. The van der Waals surface area contributed by atoms with Crippen LogP contribution in [0.15, 0.2) is 56.7 Å². The van der Waals surface area contributed by atoms with E-state index in [1.807, 2.05) is 24.3 Å². The first-order valence-electron chi connectivity index (χ1n) is 6.93. The van der Waals surface area contributed by atoms with Crippen LogP contribution in [0.3, 0.4) is 0 Å². The van der Waals surface area contributed by atoms with E-state index in [1.54, 1.807) is 24.4 Å². The molecule has 0 aliphatic heterocycles. The first kappa shape index (κ1) is 15.3. The van der Waals surface area contributed by atoms with Crippen LogP contribution in [0, 0.1) is 0 Å². The zero-order valence-electron chi connectivity index (χ0n) is 12.1. The van der Waals surface area contributed by atoms with Gasteiger partial charge < -0.3 is 10.8 Å². The van der Waals surface area contributed by atoms with E-state index in [9.17, 15) is 9.90 Å². The maximum Gasteiger partial charge on any atom is 0.258 e. The molecule has 0 unspecified atom stereocenters. The molecule has 1 heterocycles. The third-order valence-electron chi connectivity index (χ3n) is 3.45. The Labute approximate surface area is 140 Å². The number of hydrogen-bond acceptors (Lipinski definition) is 4. The fraction of sp³-hybridized carbons (Fsp3) is 0.0588. The van der Waals surface area contributed by atoms with Crippen LogP contribution in [-0.2, 0) is 6.54 Å². The molecule has 23 heavy (non-hydrogen) atoms. The van der Waals surface area contributed by atoms with Crippen molar-refractivity contribution in [3.63, 3.8) is 0 Å². The van der Waals surface area contributed by atoms with Crippen molar-refractivity contribution in [1.29, 1.82) is 0 Å². The molecule has 2 aromatic carbocycles. The van der Waals surface area contributed by atoms with Gasteiger partial charge in [0, 0.05) is 27.1 Å². The number of aromatic amines is 1. The number of hydrogen-bond donors (Lipinski definition) is 3. The van der Waals surface area contributed by atoms with Gasteiger partial charge in [-0.25, -0.2) is 0 Å². The Balaban J connectivity index is 2.01. The van der Waals surface area contributed by atoms with Gasteiger partial charge in [-0.2, -0.15) is 0 Å². The van der Waals surface area contributed by atoms with E-state index in [1.165, 1.54) is 0 Å². The molecule has 0 aliphatic carbocycles. The van der Waals surface area contributed by atoms with Gasteiger partial charge in [0.25, 0.3) is 5.56 Å². The van der Waals surface area contributed by atoms with Gasteiger partial charge >= 0.3 is 0 Å². The molecule has 0 radical (unpaired) electrons. The van der Waals surface area contributed by atoms with Crippen LogP contribution in [0.1, 0.15) is 11.1 Å². The van der Waals surface area contributed by atoms with Crippen molar-refractivity contribution < 1.29 is 5.11 Å². The predicted octanol–water partition coefficient (Wildman–Crippen LogP) is 3.20. The van der Waals surface area contributed by atoms with Crippen molar-refractivity contribution >= 4 is 38.6 Å². The van der Waals surface area contributed by atoms with Gasteiger partial charge in [-0.05, 0) is 35.9 Å². The number of nitrogens with zero attached hydrogens (tertiary/aromatic N) is 1. The number of nitrogens with one attached hydrogen (secondary N) is 1. The summed E-state index contributed by atoms with van der Waals surface area (Å²) in [5.74, 6) is -0.197. The summed E-state index contributed by atoms with van der Waals surface area (Å²) in [6, 6.07) is 12.7. The first-order chi connectivity index (χ1) is 11.0. The fourth-order valence-corrected chi connectivity index (χ4v) is 2.73. The summed E-state index contributed by atoms with van der Waals surface area (Å²) in [5.41, 5.74) is 7.53. The van der Waals surface area contributed by atoms with E-state index >= 15 is 0 Å². The lowest BCUT2D eigenvalue weighted by molar-refractivity contribution is 0.452. The second-order valence-corrected chi connectivity index (χ2v) is 6.04. The van der Waals surface area contributed by atoms with Crippen LogP contribution in [-0.4, -0.2) is 16.3 Å². The van der Waals surface area contributed by atoms with Crippen LogP contribution < -0.4 is 11.3 Å². The Hall–Kier alpha value is -2.60.